The van der Waals surface area contributed by atoms with Crippen molar-refractivity contribution in [3.63, 3.8) is 0 Å². The number of aromatic carboxylic acids is 1. The fraction of sp³-hybridized carbons (Fsp3) is 0. The van der Waals surface area contributed by atoms with E-state index in [1.54, 1.807) is 36.1 Å². The molecule has 0 saturated heterocycles. The molecule has 0 atom stereocenters. The van der Waals surface area contributed by atoms with E-state index in [-0.39, 0.29) is 5.69 Å². The van der Waals surface area contributed by atoms with E-state index in [4.69, 9.17) is 0 Å². The Labute approximate surface area is 111 Å². The first-order chi connectivity index (χ1) is 9.27. The number of hydrogen-bond acceptors (Lipinski definition) is 6. The van der Waals surface area contributed by atoms with Crippen LogP contribution in [0.25, 0.3) is 16.4 Å². The third-order valence-electron chi connectivity index (χ3n) is 2.41. The quantitative estimate of drug-likeness (QED) is 0.776. The summed E-state index contributed by atoms with van der Waals surface area (Å²) >= 11 is 1.35. The molecule has 0 spiro atoms. The third-order valence-corrected chi connectivity index (χ3v) is 3.16. The Bertz CT molecular complexity index is 708. The number of aromatic nitrogens is 5. The van der Waals surface area contributed by atoms with Crippen molar-refractivity contribution in [2.24, 2.45) is 0 Å². The van der Waals surface area contributed by atoms with Gasteiger partial charge in [0.1, 0.15) is 5.69 Å². The average Bonchev–Trinajstić information content (AvgIpc) is 3.08. The number of pyridine rings is 1. The van der Waals surface area contributed by atoms with Gasteiger partial charge >= 0.3 is 5.97 Å². The van der Waals surface area contributed by atoms with E-state index in [1.807, 2.05) is 0 Å². The van der Waals surface area contributed by atoms with Gasteiger partial charge in [-0.15, -0.1) is 16.4 Å². The van der Waals surface area contributed by atoms with Gasteiger partial charge < -0.3 is 5.11 Å². The van der Waals surface area contributed by atoms with Gasteiger partial charge in [-0.1, -0.05) is 5.21 Å². The van der Waals surface area contributed by atoms with Crippen LogP contribution in [-0.2, 0) is 0 Å². The first-order valence-electron chi connectivity index (χ1n) is 5.26. The lowest BCUT2D eigenvalue weighted by Gasteiger charge is -2.03. The van der Waals surface area contributed by atoms with Gasteiger partial charge in [0.15, 0.2) is 5.69 Å². The zero-order valence-electron chi connectivity index (χ0n) is 9.46. The SMILES string of the molecule is O=C(O)c1nnn(-c2nccs2)c1-c1cccnc1. The molecule has 3 aromatic heterocycles. The Morgan fingerprint density at radius 2 is 2.26 bits per heavy atom. The van der Waals surface area contributed by atoms with Crippen molar-refractivity contribution in [3.8, 4) is 16.4 Å². The molecule has 3 rings (SSSR count). The lowest BCUT2D eigenvalue weighted by molar-refractivity contribution is 0.0691. The van der Waals surface area contributed by atoms with Crippen molar-refractivity contribution in [3.05, 3.63) is 41.8 Å². The van der Waals surface area contributed by atoms with Gasteiger partial charge in [0.25, 0.3) is 0 Å². The van der Waals surface area contributed by atoms with Gasteiger partial charge in [-0.25, -0.2) is 9.78 Å². The summed E-state index contributed by atoms with van der Waals surface area (Å²) in [6, 6.07) is 3.47. The zero-order valence-corrected chi connectivity index (χ0v) is 10.3. The molecular weight excluding hydrogens is 266 g/mol. The molecule has 1 N–H and O–H groups in total. The highest BCUT2D eigenvalue weighted by Crippen LogP contribution is 2.25. The number of carboxylic acid groups (broad SMARTS) is 1. The summed E-state index contributed by atoms with van der Waals surface area (Å²) in [5.41, 5.74) is 0.874. The molecular formula is C11H7N5O2S. The largest absolute Gasteiger partial charge is 0.476 e. The van der Waals surface area contributed by atoms with E-state index < -0.39 is 5.97 Å². The highest BCUT2D eigenvalue weighted by molar-refractivity contribution is 7.12. The maximum atomic E-state index is 11.2. The molecule has 94 valence electrons. The predicted octanol–water partition coefficient (Wildman–Crippen LogP) is 1.48. The Morgan fingerprint density at radius 3 is 2.89 bits per heavy atom. The Hall–Kier alpha value is -2.61. The van der Waals surface area contributed by atoms with Crippen LogP contribution >= 0.6 is 11.3 Å². The highest BCUT2D eigenvalue weighted by atomic mass is 32.1. The second-order valence-electron chi connectivity index (χ2n) is 3.56. The maximum Gasteiger partial charge on any atom is 0.358 e. The van der Waals surface area contributed by atoms with Crippen LogP contribution in [0.3, 0.4) is 0 Å². The van der Waals surface area contributed by atoms with Crippen LogP contribution in [0.5, 0.6) is 0 Å². The summed E-state index contributed by atoms with van der Waals surface area (Å²) < 4.78 is 1.41. The number of rotatable bonds is 3. The van der Waals surface area contributed by atoms with Gasteiger partial charge in [-0.2, -0.15) is 4.68 Å². The summed E-state index contributed by atoms with van der Waals surface area (Å²) in [7, 11) is 0. The second kappa shape index (κ2) is 4.58. The molecule has 0 fully saturated rings. The van der Waals surface area contributed by atoms with Crippen LogP contribution in [0.1, 0.15) is 10.5 Å². The molecule has 0 bridgehead atoms. The molecule has 3 aromatic rings. The smallest absolute Gasteiger partial charge is 0.358 e. The lowest BCUT2D eigenvalue weighted by atomic mass is 10.1. The molecule has 0 amide bonds. The average molecular weight is 273 g/mol. The Balaban J connectivity index is 2.25. The van der Waals surface area contributed by atoms with E-state index in [9.17, 15) is 9.90 Å². The van der Waals surface area contributed by atoms with Crippen molar-refractivity contribution in [2.45, 2.75) is 0 Å². The normalized spacial score (nSPS) is 10.5. The molecule has 3 heterocycles. The van der Waals surface area contributed by atoms with Crippen molar-refractivity contribution in [1.82, 2.24) is 25.0 Å². The second-order valence-corrected chi connectivity index (χ2v) is 4.43. The summed E-state index contributed by atoms with van der Waals surface area (Å²) in [6.45, 7) is 0. The monoisotopic (exact) mass is 273 g/mol. The van der Waals surface area contributed by atoms with Crippen molar-refractivity contribution >= 4 is 17.3 Å². The van der Waals surface area contributed by atoms with Crippen molar-refractivity contribution in [2.75, 3.05) is 0 Å². The predicted molar refractivity (Wildman–Crippen MR) is 67.2 cm³/mol. The zero-order chi connectivity index (χ0) is 13.2. The summed E-state index contributed by atoms with van der Waals surface area (Å²) in [5.74, 6) is -1.14. The first-order valence-corrected chi connectivity index (χ1v) is 6.14. The van der Waals surface area contributed by atoms with E-state index in [0.717, 1.165) is 0 Å². The fourth-order valence-corrected chi connectivity index (χ4v) is 2.23. The van der Waals surface area contributed by atoms with Gasteiger partial charge in [-0.05, 0) is 12.1 Å². The van der Waals surface area contributed by atoms with Crippen LogP contribution in [0.2, 0.25) is 0 Å². The fourth-order valence-electron chi connectivity index (χ4n) is 1.64. The van der Waals surface area contributed by atoms with Crippen LogP contribution < -0.4 is 0 Å². The minimum atomic E-state index is -1.14. The van der Waals surface area contributed by atoms with Crippen molar-refractivity contribution in [1.29, 1.82) is 0 Å². The molecule has 0 unspecified atom stereocenters. The molecule has 0 aromatic carbocycles. The number of hydrogen-bond donors (Lipinski definition) is 1. The van der Waals surface area contributed by atoms with Gasteiger partial charge in [0.05, 0.1) is 0 Å². The van der Waals surface area contributed by atoms with Crippen LogP contribution in [0.4, 0.5) is 0 Å². The molecule has 0 aliphatic carbocycles. The highest BCUT2D eigenvalue weighted by Gasteiger charge is 2.22. The number of thiazole rings is 1. The minimum absolute atomic E-state index is 0.122. The molecule has 0 aliphatic heterocycles. The third kappa shape index (κ3) is 1.97. The topological polar surface area (TPSA) is 93.8 Å². The Kier molecular flexibility index (Phi) is 2.76. The lowest BCUT2D eigenvalue weighted by Crippen LogP contribution is -2.03. The number of carboxylic acids is 1. The standard InChI is InChI=1S/C11H7N5O2S/c17-10(18)8-9(7-2-1-3-12-6-7)16(15-14-8)11-13-4-5-19-11/h1-6H,(H,17,18). The molecule has 0 saturated carbocycles. The number of carbonyl (C=O) groups is 1. The first kappa shape index (κ1) is 11.5. The van der Waals surface area contributed by atoms with Crippen LogP contribution in [-0.4, -0.2) is 36.0 Å². The van der Waals surface area contributed by atoms with E-state index in [1.165, 1.54) is 16.0 Å². The maximum absolute atomic E-state index is 11.2. The van der Waals surface area contributed by atoms with E-state index in [0.29, 0.717) is 16.4 Å². The molecule has 7 nitrogen and oxygen atoms in total. The summed E-state index contributed by atoms with van der Waals surface area (Å²) in [4.78, 5) is 19.3. The van der Waals surface area contributed by atoms with E-state index in [2.05, 4.69) is 20.3 Å². The minimum Gasteiger partial charge on any atom is -0.476 e. The van der Waals surface area contributed by atoms with Gasteiger partial charge in [0.2, 0.25) is 5.13 Å². The van der Waals surface area contributed by atoms with Crippen LogP contribution in [0, 0.1) is 0 Å². The van der Waals surface area contributed by atoms with Gasteiger partial charge in [-0.3, -0.25) is 4.98 Å². The number of nitrogens with zero attached hydrogens (tertiary/aromatic N) is 5. The molecule has 8 heteroatoms. The molecule has 0 aliphatic rings. The van der Waals surface area contributed by atoms with Crippen LogP contribution in [0.15, 0.2) is 36.1 Å². The summed E-state index contributed by atoms with van der Waals surface area (Å²) in [5, 5.41) is 19.1. The molecule has 19 heavy (non-hydrogen) atoms. The van der Waals surface area contributed by atoms with E-state index >= 15 is 0 Å². The summed E-state index contributed by atoms with van der Waals surface area (Å²) in [6.07, 6.45) is 4.80. The van der Waals surface area contributed by atoms with Crippen molar-refractivity contribution < 1.29 is 9.90 Å². The van der Waals surface area contributed by atoms with Gasteiger partial charge in [0, 0.05) is 29.5 Å². The Morgan fingerprint density at radius 1 is 1.37 bits per heavy atom. The molecule has 0 radical (unpaired) electrons.